The van der Waals surface area contributed by atoms with E-state index in [2.05, 4.69) is 0 Å². The van der Waals surface area contributed by atoms with E-state index in [1.54, 1.807) is 19.1 Å². The molecule has 0 bridgehead atoms. The molecule has 0 fully saturated rings. The molecule has 0 atom stereocenters. The Balaban J connectivity index is 2.11. The molecule has 24 heavy (non-hydrogen) atoms. The molecule has 6 nitrogen and oxygen atoms in total. The van der Waals surface area contributed by atoms with Gasteiger partial charge in [0.05, 0.1) is 13.7 Å². The lowest BCUT2D eigenvalue weighted by Gasteiger charge is -2.10. The van der Waals surface area contributed by atoms with Gasteiger partial charge in [-0.15, -0.1) is 0 Å². The number of carbonyl (C=O) groups is 1. The standard InChI is InChI=1S/C18H20O6/c1-3-24-12-9-15(21)18(16(22)10-12)13(19)6-4-11-5-7-17(23-2)14(20)8-11/h5,7-10,20-22H,3-4,6H2,1-2H3. The summed E-state index contributed by atoms with van der Waals surface area (Å²) in [7, 11) is 1.45. The van der Waals surface area contributed by atoms with Crippen molar-refractivity contribution in [3.05, 3.63) is 41.5 Å². The van der Waals surface area contributed by atoms with Crippen LogP contribution in [0.2, 0.25) is 0 Å². The largest absolute Gasteiger partial charge is 0.507 e. The first-order chi connectivity index (χ1) is 11.5. The molecule has 0 saturated heterocycles. The van der Waals surface area contributed by atoms with Crippen molar-refractivity contribution in [1.82, 2.24) is 0 Å². The topological polar surface area (TPSA) is 96.2 Å². The first-order valence-electron chi connectivity index (χ1n) is 7.54. The van der Waals surface area contributed by atoms with E-state index in [0.29, 0.717) is 24.5 Å². The monoisotopic (exact) mass is 332 g/mol. The second kappa shape index (κ2) is 7.59. The minimum atomic E-state index is -0.400. The number of hydrogen-bond donors (Lipinski definition) is 3. The average Bonchev–Trinajstić information content (AvgIpc) is 2.52. The fourth-order valence-electron chi connectivity index (χ4n) is 2.40. The van der Waals surface area contributed by atoms with Crippen molar-refractivity contribution >= 4 is 5.78 Å². The lowest BCUT2D eigenvalue weighted by Crippen LogP contribution is -2.03. The van der Waals surface area contributed by atoms with Crippen LogP contribution in [0.3, 0.4) is 0 Å². The van der Waals surface area contributed by atoms with Gasteiger partial charge in [0.1, 0.15) is 22.8 Å². The van der Waals surface area contributed by atoms with Crippen LogP contribution in [-0.2, 0) is 6.42 Å². The van der Waals surface area contributed by atoms with Gasteiger partial charge in [0, 0.05) is 18.6 Å². The van der Waals surface area contributed by atoms with Crippen LogP contribution in [-0.4, -0.2) is 34.8 Å². The molecule has 2 rings (SSSR count). The Morgan fingerprint density at radius 1 is 1.04 bits per heavy atom. The zero-order chi connectivity index (χ0) is 17.7. The van der Waals surface area contributed by atoms with Crippen molar-refractivity contribution in [2.24, 2.45) is 0 Å². The third-order valence-electron chi connectivity index (χ3n) is 3.54. The molecular weight excluding hydrogens is 312 g/mol. The maximum absolute atomic E-state index is 12.3. The van der Waals surface area contributed by atoms with Crippen LogP contribution in [0.5, 0.6) is 28.7 Å². The highest BCUT2D eigenvalue weighted by atomic mass is 16.5. The Kier molecular flexibility index (Phi) is 5.52. The van der Waals surface area contributed by atoms with E-state index in [0.717, 1.165) is 5.56 Å². The van der Waals surface area contributed by atoms with Crippen LogP contribution >= 0.6 is 0 Å². The summed E-state index contributed by atoms with van der Waals surface area (Å²) in [5.74, 6) is -0.393. The van der Waals surface area contributed by atoms with Gasteiger partial charge in [0.25, 0.3) is 0 Å². The number of phenols is 3. The minimum Gasteiger partial charge on any atom is -0.507 e. The number of carbonyl (C=O) groups excluding carboxylic acids is 1. The summed E-state index contributed by atoms with van der Waals surface area (Å²) in [4.78, 5) is 12.3. The maximum atomic E-state index is 12.3. The van der Waals surface area contributed by atoms with Gasteiger partial charge in [-0.1, -0.05) is 6.07 Å². The summed E-state index contributed by atoms with van der Waals surface area (Å²) >= 11 is 0. The second-order valence-electron chi connectivity index (χ2n) is 5.20. The zero-order valence-corrected chi connectivity index (χ0v) is 13.6. The molecule has 0 radical (unpaired) electrons. The fourth-order valence-corrected chi connectivity index (χ4v) is 2.40. The highest BCUT2D eigenvalue weighted by molar-refractivity contribution is 6.01. The molecule has 0 unspecified atom stereocenters. The molecule has 0 spiro atoms. The number of aryl methyl sites for hydroxylation is 1. The summed E-state index contributed by atoms with van der Waals surface area (Å²) < 4.78 is 10.2. The Bertz CT molecular complexity index is 715. The van der Waals surface area contributed by atoms with Crippen LogP contribution in [0.25, 0.3) is 0 Å². The molecule has 0 aromatic heterocycles. The van der Waals surface area contributed by atoms with Crippen LogP contribution in [0.4, 0.5) is 0 Å². The Hall–Kier alpha value is -2.89. The van der Waals surface area contributed by atoms with Crippen molar-refractivity contribution in [3.63, 3.8) is 0 Å². The Morgan fingerprint density at radius 2 is 1.71 bits per heavy atom. The highest BCUT2D eigenvalue weighted by Gasteiger charge is 2.18. The van der Waals surface area contributed by atoms with E-state index >= 15 is 0 Å². The van der Waals surface area contributed by atoms with Crippen molar-refractivity contribution in [3.8, 4) is 28.7 Å². The molecule has 0 aliphatic heterocycles. The van der Waals surface area contributed by atoms with Gasteiger partial charge in [-0.3, -0.25) is 4.79 Å². The molecule has 0 aliphatic carbocycles. The summed E-state index contributed by atoms with van der Waals surface area (Å²) in [6, 6.07) is 7.47. The van der Waals surface area contributed by atoms with E-state index < -0.39 is 5.78 Å². The maximum Gasteiger partial charge on any atom is 0.170 e. The van der Waals surface area contributed by atoms with Gasteiger partial charge in [0.15, 0.2) is 17.3 Å². The quantitative estimate of drug-likeness (QED) is 0.675. The predicted molar refractivity (Wildman–Crippen MR) is 88.3 cm³/mol. The van der Waals surface area contributed by atoms with E-state index in [4.69, 9.17) is 9.47 Å². The van der Waals surface area contributed by atoms with Gasteiger partial charge in [-0.2, -0.15) is 0 Å². The van der Waals surface area contributed by atoms with Gasteiger partial charge in [0.2, 0.25) is 0 Å². The van der Waals surface area contributed by atoms with Crippen molar-refractivity contribution in [2.75, 3.05) is 13.7 Å². The number of ketones is 1. The number of aromatic hydroxyl groups is 3. The summed E-state index contributed by atoms with van der Waals surface area (Å²) in [5, 5.41) is 29.7. The molecule has 0 amide bonds. The fraction of sp³-hybridized carbons (Fsp3) is 0.278. The van der Waals surface area contributed by atoms with Crippen LogP contribution < -0.4 is 9.47 Å². The van der Waals surface area contributed by atoms with Crippen LogP contribution in [0.1, 0.15) is 29.3 Å². The number of Topliss-reactive ketones (excluding diaryl/α,β-unsaturated/α-hetero) is 1. The molecule has 0 aliphatic rings. The summed E-state index contributed by atoms with van der Waals surface area (Å²) in [5.41, 5.74) is 0.614. The number of ether oxygens (including phenoxy) is 2. The van der Waals surface area contributed by atoms with Gasteiger partial charge >= 0.3 is 0 Å². The van der Waals surface area contributed by atoms with Crippen molar-refractivity contribution in [2.45, 2.75) is 19.8 Å². The van der Waals surface area contributed by atoms with Crippen molar-refractivity contribution in [1.29, 1.82) is 0 Å². The number of hydrogen-bond acceptors (Lipinski definition) is 6. The Labute approximate surface area is 139 Å². The SMILES string of the molecule is CCOc1cc(O)c(C(=O)CCc2ccc(OC)c(O)c2)c(O)c1. The Morgan fingerprint density at radius 3 is 2.25 bits per heavy atom. The molecule has 2 aromatic carbocycles. The van der Waals surface area contributed by atoms with Gasteiger partial charge < -0.3 is 24.8 Å². The molecular formula is C18H20O6. The van der Waals surface area contributed by atoms with E-state index in [9.17, 15) is 20.1 Å². The average molecular weight is 332 g/mol. The minimum absolute atomic E-state index is 0.00536. The predicted octanol–water partition coefficient (Wildman–Crippen LogP) is 3.03. The first-order valence-corrected chi connectivity index (χ1v) is 7.54. The smallest absolute Gasteiger partial charge is 0.170 e. The number of phenolic OH excluding ortho intramolecular Hbond substituents is 3. The molecule has 128 valence electrons. The van der Waals surface area contributed by atoms with E-state index in [1.165, 1.54) is 25.3 Å². The van der Waals surface area contributed by atoms with Crippen LogP contribution in [0.15, 0.2) is 30.3 Å². The third-order valence-corrected chi connectivity index (χ3v) is 3.54. The molecule has 0 heterocycles. The number of methoxy groups -OCH3 is 1. The van der Waals surface area contributed by atoms with Gasteiger partial charge in [-0.05, 0) is 31.0 Å². The third kappa shape index (κ3) is 3.90. The molecule has 2 aromatic rings. The second-order valence-corrected chi connectivity index (χ2v) is 5.20. The molecule has 6 heteroatoms. The van der Waals surface area contributed by atoms with E-state index in [1.807, 2.05) is 0 Å². The van der Waals surface area contributed by atoms with E-state index in [-0.39, 0.29) is 29.2 Å². The summed E-state index contributed by atoms with van der Waals surface area (Å²) in [6.45, 7) is 2.16. The van der Waals surface area contributed by atoms with Crippen LogP contribution in [0, 0.1) is 0 Å². The molecule has 0 saturated carbocycles. The lowest BCUT2D eigenvalue weighted by molar-refractivity contribution is 0.0977. The molecule has 3 N–H and O–H groups in total. The normalized spacial score (nSPS) is 10.4. The lowest BCUT2D eigenvalue weighted by atomic mass is 10.0. The van der Waals surface area contributed by atoms with Gasteiger partial charge in [-0.25, -0.2) is 0 Å². The number of benzene rings is 2. The number of rotatable bonds is 7. The zero-order valence-electron chi connectivity index (χ0n) is 13.6. The summed E-state index contributed by atoms with van der Waals surface area (Å²) in [6.07, 6.45) is 0.420. The first kappa shape index (κ1) is 17.5. The van der Waals surface area contributed by atoms with Crippen molar-refractivity contribution < 1.29 is 29.6 Å². The highest BCUT2D eigenvalue weighted by Crippen LogP contribution is 2.34.